The van der Waals surface area contributed by atoms with Gasteiger partial charge in [-0.3, -0.25) is 4.79 Å². The fourth-order valence-electron chi connectivity index (χ4n) is 0.759. The van der Waals surface area contributed by atoms with E-state index in [0.717, 1.165) is 26.8 Å². The standard InChI is InChI=1S/C10H20O3S5/c1-2-14-7-18-8-15-4-3-10(12)13-6-17-9-16-5-11/h11H,2-9H2,1H3. The molecule has 0 aromatic carbocycles. The monoisotopic (exact) mass is 348 g/mol. The Hall–Kier alpha value is 1.18. The zero-order valence-corrected chi connectivity index (χ0v) is 14.5. The summed E-state index contributed by atoms with van der Waals surface area (Å²) in [5, 5.41) is 11.5. The van der Waals surface area contributed by atoms with Crippen LogP contribution in [0, 0.1) is 0 Å². The van der Waals surface area contributed by atoms with E-state index in [1.54, 1.807) is 11.8 Å². The average Bonchev–Trinajstić information content (AvgIpc) is 2.37. The lowest BCUT2D eigenvalue weighted by atomic mass is 10.5. The van der Waals surface area contributed by atoms with E-state index in [0.29, 0.717) is 12.4 Å². The van der Waals surface area contributed by atoms with Gasteiger partial charge >= 0.3 is 5.97 Å². The van der Waals surface area contributed by atoms with E-state index in [9.17, 15) is 4.79 Å². The summed E-state index contributed by atoms with van der Waals surface area (Å²) in [7, 11) is 0. The molecule has 108 valence electrons. The highest BCUT2D eigenvalue weighted by atomic mass is 32.2. The molecule has 0 heterocycles. The zero-order chi connectivity index (χ0) is 13.5. The highest BCUT2D eigenvalue weighted by molar-refractivity contribution is 8.22. The van der Waals surface area contributed by atoms with Gasteiger partial charge in [0.05, 0.1) is 12.4 Å². The summed E-state index contributed by atoms with van der Waals surface area (Å²) in [6, 6.07) is 0. The minimum atomic E-state index is -0.128. The molecule has 3 nitrogen and oxygen atoms in total. The fourth-order valence-corrected chi connectivity index (χ4v) is 5.29. The SMILES string of the molecule is CCSCSCSCCC(=O)OCSCSCO. The molecule has 0 aromatic heterocycles. The molecule has 0 aliphatic rings. The minimum Gasteiger partial charge on any atom is -0.455 e. The van der Waals surface area contributed by atoms with Crippen LogP contribution in [-0.2, 0) is 9.53 Å². The molecule has 1 N–H and O–H groups in total. The molecule has 0 amide bonds. The summed E-state index contributed by atoms with van der Waals surface area (Å²) in [5.41, 5.74) is 0. The predicted octanol–water partition coefficient (Wildman–Crippen LogP) is 3.39. The predicted molar refractivity (Wildman–Crippen MR) is 90.6 cm³/mol. The number of thioether (sulfide) groups is 5. The molecule has 8 heteroatoms. The molecular formula is C10H20O3S5. The van der Waals surface area contributed by atoms with Crippen molar-refractivity contribution in [2.75, 3.05) is 38.6 Å². The number of hydrogen-bond donors (Lipinski definition) is 1. The topological polar surface area (TPSA) is 46.5 Å². The van der Waals surface area contributed by atoms with Crippen molar-refractivity contribution >= 4 is 64.8 Å². The second kappa shape index (κ2) is 16.2. The first kappa shape index (κ1) is 19.2. The van der Waals surface area contributed by atoms with Crippen molar-refractivity contribution < 1.29 is 14.6 Å². The summed E-state index contributed by atoms with van der Waals surface area (Å²) in [6.07, 6.45) is 0.486. The molecule has 0 aliphatic carbocycles. The summed E-state index contributed by atoms with van der Waals surface area (Å²) in [6.45, 7) is 2.16. The number of ether oxygens (including phenoxy) is 1. The second-order valence-electron chi connectivity index (χ2n) is 2.88. The number of hydrogen-bond acceptors (Lipinski definition) is 8. The van der Waals surface area contributed by atoms with Crippen LogP contribution in [-0.4, -0.2) is 49.7 Å². The molecule has 0 bridgehead atoms. The van der Waals surface area contributed by atoms with Gasteiger partial charge in [-0.05, 0) is 5.75 Å². The molecule has 0 saturated carbocycles. The van der Waals surface area contributed by atoms with Crippen molar-refractivity contribution in [3.63, 3.8) is 0 Å². The molecule has 0 rings (SSSR count). The van der Waals surface area contributed by atoms with Crippen molar-refractivity contribution in [2.45, 2.75) is 13.3 Å². The van der Waals surface area contributed by atoms with Gasteiger partial charge in [0.2, 0.25) is 0 Å². The van der Waals surface area contributed by atoms with Crippen molar-refractivity contribution in [3.05, 3.63) is 0 Å². The van der Waals surface area contributed by atoms with Gasteiger partial charge < -0.3 is 9.84 Å². The van der Waals surface area contributed by atoms with Crippen LogP contribution in [0.3, 0.4) is 0 Å². The van der Waals surface area contributed by atoms with Gasteiger partial charge in [0.25, 0.3) is 0 Å². The lowest BCUT2D eigenvalue weighted by Crippen LogP contribution is -2.05. The van der Waals surface area contributed by atoms with Gasteiger partial charge in [-0.15, -0.1) is 35.3 Å². The Kier molecular flexibility index (Phi) is 17.3. The largest absolute Gasteiger partial charge is 0.455 e. The van der Waals surface area contributed by atoms with Crippen molar-refractivity contribution in [1.82, 2.24) is 0 Å². The second-order valence-corrected chi connectivity index (χ2v) is 9.23. The van der Waals surface area contributed by atoms with Crippen molar-refractivity contribution in [3.8, 4) is 0 Å². The highest BCUT2D eigenvalue weighted by Gasteiger charge is 2.02. The Bertz CT molecular complexity index is 194. The molecule has 0 aliphatic heterocycles. The van der Waals surface area contributed by atoms with Crippen molar-refractivity contribution in [1.29, 1.82) is 0 Å². The van der Waals surface area contributed by atoms with E-state index in [-0.39, 0.29) is 11.9 Å². The summed E-state index contributed by atoms with van der Waals surface area (Å²) in [4.78, 5) is 11.3. The van der Waals surface area contributed by atoms with Gasteiger partial charge in [0.15, 0.2) is 0 Å². The number of carbonyl (C=O) groups excluding carboxylic acids is 1. The Morgan fingerprint density at radius 3 is 2.50 bits per heavy atom. The molecule has 0 aromatic rings. The van der Waals surface area contributed by atoms with Crippen LogP contribution in [0.25, 0.3) is 0 Å². The van der Waals surface area contributed by atoms with Crippen LogP contribution in [0.15, 0.2) is 0 Å². The molecule has 0 unspecified atom stereocenters. The molecular weight excluding hydrogens is 328 g/mol. The maximum atomic E-state index is 11.3. The smallest absolute Gasteiger partial charge is 0.307 e. The lowest BCUT2D eigenvalue weighted by molar-refractivity contribution is -0.140. The first-order valence-electron chi connectivity index (χ1n) is 5.46. The van der Waals surface area contributed by atoms with Gasteiger partial charge in [-0.2, -0.15) is 23.5 Å². The van der Waals surface area contributed by atoms with Crippen LogP contribution >= 0.6 is 58.8 Å². The normalized spacial score (nSPS) is 10.6. The summed E-state index contributed by atoms with van der Waals surface area (Å²) in [5.74, 6) is 2.37. The first-order chi connectivity index (χ1) is 8.81. The van der Waals surface area contributed by atoms with Crippen LogP contribution in [0.1, 0.15) is 13.3 Å². The van der Waals surface area contributed by atoms with Crippen LogP contribution in [0.4, 0.5) is 0 Å². The van der Waals surface area contributed by atoms with E-state index < -0.39 is 0 Å². The third kappa shape index (κ3) is 15.2. The van der Waals surface area contributed by atoms with Crippen LogP contribution < -0.4 is 0 Å². The highest BCUT2D eigenvalue weighted by Crippen LogP contribution is 2.18. The van der Waals surface area contributed by atoms with E-state index in [4.69, 9.17) is 9.84 Å². The van der Waals surface area contributed by atoms with Gasteiger partial charge in [0, 0.05) is 21.0 Å². The number of aliphatic hydroxyl groups is 1. The molecule has 0 saturated heterocycles. The Labute approximate surface area is 131 Å². The molecule has 0 atom stereocenters. The van der Waals surface area contributed by atoms with Gasteiger partial charge in [0.1, 0.15) is 5.94 Å². The summed E-state index contributed by atoms with van der Waals surface area (Å²) >= 11 is 8.52. The molecule has 0 radical (unpaired) electrons. The maximum absolute atomic E-state index is 11.3. The van der Waals surface area contributed by atoms with E-state index >= 15 is 0 Å². The lowest BCUT2D eigenvalue weighted by Gasteiger charge is -2.04. The quantitative estimate of drug-likeness (QED) is 0.309. The Morgan fingerprint density at radius 2 is 1.78 bits per heavy atom. The first-order valence-corrected chi connectivity index (χ1v) is 11.2. The maximum Gasteiger partial charge on any atom is 0.307 e. The zero-order valence-electron chi connectivity index (χ0n) is 10.5. The van der Waals surface area contributed by atoms with Gasteiger partial charge in [-0.25, -0.2) is 0 Å². The minimum absolute atomic E-state index is 0.117. The van der Waals surface area contributed by atoms with Crippen LogP contribution in [0.2, 0.25) is 0 Å². The van der Waals surface area contributed by atoms with E-state index in [1.807, 2.05) is 23.5 Å². The number of aliphatic hydroxyl groups excluding tert-OH is 1. The number of carbonyl (C=O) groups is 1. The Balaban J connectivity index is 3.12. The number of esters is 1. The Morgan fingerprint density at radius 1 is 1.06 bits per heavy atom. The average molecular weight is 349 g/mol. The van der Waals surface area contributed by atoms with E-state index in [2.05, 4.69) is 6.92 Å². The van der Waals surface area contributed by atoms with E-state index in [1.165, 1.54) is 23.5 Å². The molecule has 0 fully saturated rings. The molecule has 0 spiro atoms. The van der Waals surface area contributed by atoms with Gasteiger partial charge in [-0.1, -0.05) is 6.92 Å². The third-order valence-corrected chi connectivity index (χ3v) is 6.92. The van der Waals surface area contributed by atoms with Crippen molar-refractivity contribution in [2.24, 2.45) is 0 Å². The molecule has 18 heavy (non-hydrogen) atoms. The fraction of sp³-hybridized carbons (Fsp3) is 0.900. The number of rotatable bonds is 13. The third-order valence-electron chi connectivity index (χ3n) is 1.55. The summed E-state index contributed by atoms with van der Waals surface area (Å²) < 4.78 is 5.04. The van der Waals surface area contributed by atoms with Crippen LogP contribution in [0.5, 0.6) is 0 Å².